The van der Waals surface area contributed by atoms with E-state index in [-0.39, 0.29) is 11.9 Å². The van der Waals surface area contributed by atoms with E-state index in [0.717, 1.165) is 12.8 Å². The maximum absolute atomic E-state index is 14.1. The molecule has 0 fully saturated rings. The lowest BCUT2D eigenvalue weighted by atomic mass is 9.90. The monoisotopic (exact) mass is 281 g/mol. The number of likely N-dealkylation sites (N-methyl/N-ethyl adjacent to an activating group) is 1. The smallest absolute Gasteiger partial charge is 0.129 e. The van der Waals surface area contributed by atoms with E-state index in [1.54, 1.807) is 12.1 Å². The van der Waals surface area contributed by atoms with E-state index in [4.69, 9.17) is 11.6 Å². The lowest BCUT2D eigenvalue weighted by molar-refractivity contribution is 0.542. The van der Waals surface area contributed by atoms with Gasteiger partial charge < -0.3 is 5.32 Å². The molecule has 3 heteroatoms. The maximum Gasteiger partial charge on any atom is 0.129 e. The molecule has 0 bridgehead atoms. The molecule has 19 heavy (non-hydrogen) atoms. The minimum Gasteiger partial charge on any atom is -0.309 e. The molecule has 1 nitrogen and oxygen atoms in total. The lowest BCUT2D eigenvalue weighted by Crippen LogP contribution is -2.21. The van der Waals surface area contributed by atoms with Crippen LogP contribution in [0.2, 0.25) is 5.02 Å². The molecular formula is C16H21ClFN. The third-order valence-corrected chi connectivity index (χ3v) is 4.10. The van der Waals surface area contributed by atoms with Crippen LogP contribution in [0.3, 0.4) is 0 Å². The van der Waals surface area contributed by atoms with Gasteiger partial charge in [0.2, 0.25) is 0 Å². The van der Waals surface area contributed by atoms with Crippen molar-refractivity contribution in [2.75, 3.05) is 7.05 Å². The SMILES string of the molecule is CNC(/C1=C/CCCCCC1)c1c(F)cccc1Cl. The lowest BCUT2D eigenvalue weighted by Gasteiger charge is -2.23. The third kappa shape index (κ3) is 3.58. The summed E-state index contributed by atoms with van der Waals surface area (Å²) in [6.07, 6.45) is 9.34. The second-order valence-electron chi connectivity index (χ2n) is 5.09. The second-order valence-corrected chi connectivity index (χ2v) is 5.50. The van der Waals surface area contributed by atoms with Crippen molar-refractivity contribution >= 4 is 11.6 Å². The van der Waals surface area contributed by atoms with Crippen LogP contribution in [-0.2, 0) is 0 Å². The number of rotatable bonds is 3. The predicted molar refractivity (Wildman–Crippen MR) is 79.0 cm³/mol. The van der Waals surface area contributed by atoms with Crippen LogP contribution in [0, 0.1) is 5.82 Å². The van der Waals surface area contributed by atoms with Crippen molar-refractivity contribution in [2.24, 2.45) is 0 Å². The molecule has 1 atom stereocenters. The molecule has 1 aromatic carbocycles. The van der Waals surface area contributed by atoms with Gasteiger partial charge in [0.25, 0.3) is 0 Å². The molecule has 0 spiro atoms. The Kier molecular flexibility index (Phi) is 5.41. The molecule has 0 heterocycles. The predicted octanol–water partition coefficient (Wildman–Crippen LogP) is 5.02. The first-order valence-electron chi connectivity index (χ1n) is 7.04. The van der Waals surface area contributed by atoms with Gasteiger partial charge in [-0.15, -0.1) is 0 Å². The van der Waals surface area contributed by atoms with Crippen molar-refractivity contribution in [3.63, 3.8) is 0 Å². The van der Waals surface area contributed by atoms with Crippen molar-refractivity contribution in [3.8, 4) is 0 Å². The van der Waals surface area contributed by atoms with Gasteiger partial charge in [-0.05, 0) is 44.9 Å². The van der Waals surface area contributed by atoms with E-state index >= 15 is 0 Å². The van der Waals surface area contributed by atoms with Crippen molar-refractivity contribution in [3.05, 3.63) is 46.3 Å². The zero-order valence-electron chi connectivity index (χ0n) is 11.4. The first-order chi connectivity index (χ1) is 9.24. The minimum absolute atomic E-state index is 0.105. The fourth-order valence-electron chi connectivity index (χ4n) is 2.78. The van der Waals surface area contributed by atoms with E-state index in [9.17, 15) is 4.39 Å². The van der Waals surface area contributed by atoms with Gasteiger partial charge in [-0.3, -0.25) is 0 Å². The molecule has 1 aliphatic rings. The summed E-state index contributed by atoms with van der Waals surface area (Å²) in [5.41, 5.74) is 1.85. The first-order valence-corrected chi connectivity index (χ1v) is 7.42. The van der Waals surface area contributed by atoms with Gasteiger partial charge in [-0.1, -0.05) is 42.2 Å². The molecule has 2 rings (SSSR count). The number of nitrogens with one attached hydrogen (secondary N) is 1. The summed E-state index contributed by atoms with van der Waals surface area (Å²) in [5, 5.41) is 3.73. The largest absolute Gasteiger partial charge is 0.309 e. The Morgan fingerprint density at radius 2 is 2.00 bits per heavy atom. The Balaban J connectivity index is 2.32. The minimum atomic E-state index is -0.227. The summed E-state index contributed by atoms with van der Waals surface area (Å²) in [5.74, 6) is -0.227. The molecule has 1 aliphatic carbocycles. The summed E-state index contributed by atoms with van der Waals surface area (Å²) in [7, 11) is 1.87. The number of allylic oxidation sites excluding steroid dienone is 1. The van der Waals surface area contributed by atoms with Crippen LogP contribution in [0.1, 0.15) is 50.1 Å². The summed E-state index contributed by atoms with van der Waals surface area (Å²) in [6.45, 7) is 0. The quantitative estimate of drug-likeness (QED) is 0.767. The van der Waals surface area contributed by atoms with Crippen molar-refractivity contribution in [2.45, 2.75) is 44.6 Å². The average molecular weight is 282 g/mol. The molecule has 104 valence electrons. The number of benzene rings is 1. The maximum atomic E-state index is 14.1. The average Bonchev–Trinajstić information content (AvgIpc) is 2.35. The number of hydrogen-bond acceptors (Lipinski definition) is 1. The molecule has 0 aliphatic heterocycles. The molecule has 1 unspecified atom stereocenters. The molecule has 0 aromatic heterocycles. The highest BCUT2D eigenvalue weighted by Crippen LogP contribution is 2.33. The molecule has 0 saturated carbocycles. The van der Waals surface area contributed by atoms with Gasteiger partial charge >= 0.3 is 0 Å². The summed E-state index contributed by atoms with van der Waals surface area (Å²) >= 11 is 6.19. The molecule has 0 saturated heterocycles. The van der Waals surface area contributed by atoms with Crippen molar-refractivity contribution in [1.29, 1.82) is 0 Å². The second kappa shape index (κ2) is 7.06. The van der Waals surface area contributed by atoms with E-state index in [0.29, 0.717) is 10.6 Å². The fraction of sp³-hybridized carbons (Fsp3) is 0.500. The van der Waals surface area contributed by atoms with Gasteiger partial charge in [0, 0.05) is 10.6 Å². The third-order valence-electron chi connectivity index (χ3n) is 3.77. The van der Waals surface area contributed by atoms with Gasteiger partial charge in [0.1, 0.15) is 5.82 Å². The van der Waals surface area contributed by atoms with Gasteiger partial charge in [0.05, 0.1) is 6.04 Å². The zero-order valence-corrected chi connectivity index (χ0v) is 12.1. The van der Waals surface area contributed by atoms with Crippen LogP contribution < -0.4 is 5.32 Å². The highest BCUT2D eigenvalue weighted by atomic mass is 35.5. The van der Waals surface area contributed by atoms with Crippen LogP contribution in [-0.4, -0.2) is 7.05 Å². The van der Waals surface area contributed by atoms with Gasteiger partial charge in [-0.25, -0.2) is 4.39 Å². The highest BCUT2D eigenvalue weighted by molar-refractivity contribution is 6.31. The molecule has 0 radical (unpaired) electrons. The van der Waals surface area contributed by atoms with E-state index in [2.05, 4.69) is 11.4 Å². The normalized spacial score (nSPS) is 21.1. The molecule has 1 N–H and O–H groups in total. The van der Waals surface area contributed by atoms with Crippen molar-refractivity contribution in [1.82, 2.24) is 5.32 Å². The standard InChI is InChI=1S/C16H21ClFN/c1-19-16(12-8-5-3-2-4-6-9-12)15-13(17)10-7-11-14(15)18/h7-8,10-11,16,19H,2-6,9H2,1H3/b12-8+. The topological polar surface area (TPSA) is 12.0 Å². The number of halogens is 2. The highest BCUT2D eigenvalue weighted by Gasteiger charge is 2.21. The van der Waals surface area contributed by atoms with Crippen molar-refractivity contribution < 1.29 is 4.39 Å². The number of hydrogen-bond donors (Lipinski definition) is 1. The Bertz CT molecular complexity index is 436. The van der Waals surface area contributed by atoms with Crippen LogP contribution >= 0.6 is 11.6 Å². The van der Waals surface area contributed by atoms with E-state index in [1.165, 1.54) is 37.3 Å². The van der Waals surface area contributed by atoms with Crippen LogP contribution in [0.25, 0.3) is 0 Å². The van der Waals surface area contributed by atoms with Gasteiger partial charge in [-0.2, -0.15) is 0 Å². The summed E-state index contributed by atoms with van der Waals surface area (Å²) in [6, 6.07) is 4.79. The Morgan fingerprint density at radius 3 is 2.74 bits per heavy atom. The van der Waals surface area contributed by atoms with E-state index < -0.39 is 0 Å². The van der Waals surface area contributed by atoms with Gasteiger partial charge in [0.15, 0.2) is 0 Å². The molecule has 0 amide bonds. The molecule has 1 aromatic rings. The fourth-order valence-corrected chi connectivity index (χ4v) is 3.05. The van der Waals surface area contributed by atoms with Crippen LogP contribution in [0.4, 0.5) is 4.39 Å². The summed E-state index contributed by atoms with van der Waals surface area (Å²) < 4.78 is 14.1. The Labute approximate surface area is 119 Å². The van der Waals surface area contributed by atoms with Crippen LogP contribution in [0.5, 0.6) is 0 Å². The van der Waals surface area contributed by atoms with Crippen LogP contribution in [0.15, 0.2) is 29.8 Å². The van der Waals surface area contributed by atoms with E-state index in [1.807, 2.05) is 7.05 Å². The Hall–Kier alpha value is -0.860. The summed E-state index contributed by atoms with van der Waals surface area (Å²) in [4.78, 5) is 0. The zero-order chi connectivity index (χ0) is 13.7. The Morgan fingerprint density at radius 1 is 1.21 bits per heavy atom. The first kappa shape index (κ1) is 14.5. The molecular weight excluding hydrogens is 261 g/mol.